The Bertz CT molecular complexity index is 633. The van der Waals surface area contributed by atoms with Crippen molar-refractivity contribution in [2.24, 2.45) is 34.0 Å². The van der Waals surface area contributed by atoms with E-state index in [1.54, 1.807) is 0 Å². The van der Waals surface area contributed by atoms with Gasteiger partial charge in [-0.2, -0.15) is 0 Å². The molecule has 8 fully saturated rings. The fourth-order valence-electron chi connectivity index (χ4n) is 8.44. The standard InChI is InChI=1S/C20H28O4/c1-10-11-4-7-20(15(10)21)13(8-11)19-6-3-5-18(2)12(19)9-14(20)23-17(19)24-16(18)22/h11-17,21-22H,1,3-9H2,2H3/t11?,12-,13?,14+,15?,16?,17?,18-,19?,20-/m1/s1. The molecule has 3 heterocycles. The lowest BCUT2D eigenvalue weighted by Crippen LogP contribution is -2.80. The predicted molar refractivity (Wildman–Crippen MR) is 86.7 cm³/mol. The first-order valence-electron chi connectivity index (χ1n) is 9.80. The molecule has 10 atom stereocenters. The van der Waals surface area contributed by atoms with Gasteiger partial charge < -0.3 is 19.7 Å². The van der Waals surface area contributed by atoms with Crippen molar-refractivity contribution in [2.75, 3.05) is 0 Å². The molecule has 2 spiro atoms. The second kappa shape index (κ2) is 4.11. The van der Waals surface area contributed by atoms with Gasteiger partial charge in [0.25, 0.3) is 0 Å². The van der Waals surface area contributed by atoms with Crippen LogP contribution in [0.25, 0.3) is 0 Å². The maximum Gasteiger partial charge on any atom is 0.167 e. The van der Waals surface area contributed by atoms with Gasteiger partial charge in [-0.1, -0.05) is 19.9 Å². The Kier molecular flexibility index (Phi) is 2.52. The highest BCUT2D eigenvalue weighted by Gasteiger charge is 2.79. The predicted octanol–water partition coefficient (Wildman–Crippen LogP) is 2.59. The number of fused-ring (bicyclic) bond motifs is 2. The Morgan fingerprint density at radius 3 is 2.71 bits per heavy atom. The molecule has 4 heteroatoms. The van der Waals surface area contributed by atoms with Crippen LogP contribution in [-0.2, 0) is 9.47 Å². The summed E-state index contributed by atoms with van der Waals surface area (Å²) in [6.07, 6.45) is 6.26. The SMILES string of the molecule is C=C1C2CC[C@@]3(C1O)C(C2)C12CCC[C@@]4(C)C(O)OC1O[C@H]3C[C@@H]24. The van der Waals surface area contributed by atoms with Gasteiger partial charge in [0.15, 0.2) is 12.6 Å². The maximum atomic E-state index is 11.2. The lowest BCUT2D eigenvalue weighted by atomic mass is 9.33. The highest BCUT2D eigenvalue weighted by Crippen LogP contribution is 2.78. The second-order valence-electron chi connectivity index (χ2n) is 9.82. The number of ether oxygens (including phenoxy) is 2. The van der Waals surface area contributed by atoms with Crippen LogP contribution in [0.15, 0.2) is 12.2 Å². The molecule has 2 N–H and O–H groups in total. The van der Waals surface area contributed by atoms with E-state index in [9.17, 15) is 10.2 Å². The Balaban J connectivity index is 1.56. The molecule has 3 saturated heterocycles. The summed E-state index contributed by atoms with van der Waals surface area (Å²) >= 11 is 0. The summed E-state index contributed by atoms with van der Waals surface area (Å²) < 4.78 is 12.6. The molecule has 7 bridgehead atoms. The van der Waals surface area contributed by atoms with Gasteiger partial charge in [0, 0.05) is 16.2 Å². The van der Waals surface area contributed by atoms with Crippen LogP contribution < -0.4 is 0 Å². The van der Waals surface area contributed by atoms with Gasteiger partial charge in [-0.05, 0) is 61.9 Å². The fraction of sp³-hybridized carbons (Fsp3) is 0.900. The Labute approximate surface area is 143 Å². The molecule has 0 aromatic heterocycles. The molecule has 5 aliphatic carbocycles. The molecular weight excluding hydrogens is 304 g/mol. The van der Waals surface area contributed by atoms with Gasteiger partial charge in [0.1, 0.15) is 0 Å². The van der Waals surface area contributed by atoms with Crippen LogP contribution in [0.4, 0.5) is 0 Å². The number of hydrogen-bond acceptors (Lipinski definition) is 4. The molecule has 0 aromatic carbocycles. The summed E-state index contributed by atoms with van der Waals surface area (Å²) in [5.74, 6) is 1.37. The van der Waals surface area contributed by atoms with Crippen LogP contribution in [-0.4, -0.2) is 35.0 Å². The van der Waals surface area contributed by atoms with Crippen LogP contribution in [0.5, 0.6) is 0 Å². The third-order valence-corrected chi connectivity index (χ3v) is 9.49. The van der Waals surface area contributed by atoms with Gasteiger partial charge in [-0.25, -0.2) is 0 Å². The van der Waals surface area contributed by atoms with Crippen LogP contribution in [0, 0.1) is 34.0 Å². The van der Waals surface area contributed by atoms with E-state index in [4.69, 9.17) is 9.47 Å². The van der Waals surface area contributed by atoms with Crippen molar-refractivity contribution in [3.8, 4) is 0 Å². The molecule has 4 nitrogen and oxygen atoms in total. The van der Waals surface area contributed by atoms with Crippen molar-refractivity contribution in [3.05, 3.63) is 12.2 Å². The Morgan fingerprint density at radius 2 is 1.88 bits per heavy atom. The van der Waals surface area contributed by atoms with E-state index in [1.807, 2.05) is 0 Å². The lowest BCUT2D eigenvalue weighted by molar-refractivity contribution is -0.472. The van der Waals surface area contributed by atoms with Gasteiger partial charge in [0.05, 0.1) is 12.2 Å². The molecular formula is C20H28O4. The van der Waals surface area contributed by atoms with Crippen LogP contribution >= 0.6 is 0 Å². The molecule has 3 aliphatic heterocycles. The minimum Gasteiger partial charge on any atom is -0.388 e. The summed E-state index contributed by atoms with van der Waals surface area (Å²) in [7, 11) is 0. The van der Waals surface area contributed by atoms with E-state index >= 15 is 0 Å². The lowest BCUT2D eigenvalue weighted by Gasteiger charge is -2.78. The first-order chi connectivity index (χ1) is 11.4. The zero-order valence-electron chi connectivity index (χ0n) is 14.4. The zero-order chi connectivity index (χ0) is 16.5. The maximum absolute atomic E-state index is 11.2. The minimum atomic E-state index is -0.711. The number of rotatable bonds is 0. The molecule has 0 amide bonds. The van der Waals surface area contributed by atoms with Crippen LogP contribution in [0.2, 0.25) is 0 Å². The third-order valence-electron chi connectivity index (χ3n) is 9.49. The molecule has 0 radical (unpaired) electrons. The molecule has 5 saturated carbocycles. The summed E-state index contributed by atoms with van der Waals surface area (Å²) in [5.41, 5.74) is 0.732. The summed E-state index contributed by atoms with van der Waals surface area (Å²) in [6, 6.07) is 0. The Hall–Kier alpha value is -0.420. The average molecular weight is 332 g/mol. The molecule has 6 unspecified atom stereocenters. The fourth-order valence-corrected chi connectivity index (χ4v) is 8.44. The Morgan fingerprint density at radius 1 is 1.04 bits per heavy atom. The van der Waals surface area contributed by atoms with Crippen molar-refractivity contribution in [1.29, 1.82) is 0 Å². The van der Waals surface area contributed by atoms with E-state index in [1.165, 1.54) is 0 Å². The van der Waals surface area contributed by atoms with E-state index in [0.717, 1.165) is 50.5 Å². The van der Waals surface area contributed by atoms with Gasteiger partial charge in [-0.3, -0.25) is 0 Å². The number of hydrogen-bond donors (Lipinski definition) is 2. The summed E-state index contributed by atoms with van der Waals surface area (Å²) in [5, 5.41) is 21.8. The van der Waals surface area contributed by atoms with Crippen molar-refractivity contribution in [2.45, 2.75) is 76.7 Å². The summed E-state index contributed by atoms with van der Waals surface area (Å²) in [6.45, 7) is 6.47. The second-order valence-corrected chi connectivity index (χ2v) is 9.82. The smallest absolute Gasteiger partial charge is 0.167 e. The van der Waals surface area contributed by atoms with Gasteiger partial charge in [-0.15, -0.1) is 0 Å². The monoisotopic (exact) mass is 332 g/mol. The average Bonchev–Trinajstić information content (AvgIpc) is 2.58. The topological polar surface area (TPSA) is 58.9 Å². The normalized spacial score (nSPS) is 66.5. The van der Waals surface area contributed by atoms with Crippen molar-refractivity contribution in [1.82, 2.24) is 0 Å². The van der Waals surface area contributed by atoms with Gasteiger partial charge in [0.2, 0.25) is 0 Å². The van der Waals surface area contributed by atoms with E-state index in [2.05, 4.69) is 13.5 Å². The zero-order valence-corrected chi connectivity index (χ0v) is 14.4. The largest absolute Gasteiger partial charge is 0.388 e. The van der Waals surface area contributed by atoms with Crippen LogP contribution in [0.3, 0.4) is 0 Å². The van der Waals surface area contributed by atoms with E-state index < -0.39 is 12.4 Å². The number of aliphatic hydroxyl groups is 2. The van der Waals surface area contributed by atoms with Crippen molar-refractivity contribution in [3.63, 3.8) is 0 Å². The van der Waals surface area contributed by atoms with Crippen LogP contribution in [0.1, 0.15) is 51.9 Å². The van der Waals surface area contributed by atoms with Crippen molar-refractivity contribution < 1.29 is 19.7 Å². The molecule has 132 valence electrons. The molecule has 8 rings (SSSR count). The first kappa shape index (κ1) is 14.7. The minimum absolute atomic E-state index is 0.0126. The van der Waals surface area contributed by atoms with E-state index in [-0.39, 0.29) is 28.6 Å². The highest BCUT2D eigenvalue weighted by atomic mass is 16.7. The quantitative estimate of drug-likeness (QED) is 0.670. The highest BCUT2D eigenvalue weighted by molar-refractivity contribution is 5.31. The first-order valence-corrected chi connectivity index (χ1v) is 9.80. The van der Waals surface area contributed by atoms with Gasteiger partial charge >= 0.3 is 0 Å². The van der Waals surface area contributed by atoms with Crippen molar-refractivity contribution >= 4 is 0 Å². The summed E-state index contributed by atoms with van der Waals surface area (Å²) in [4.78, 5) is 0. The molecule has 8 aliphatic rings. The third kappa shape index (κ3) is 1.25. The molecule has 0 aromatic rings. The van der Waals surface area contributed by atoms with E-state index in [0.29, 0.717) is 17.8 Å². The molecule has 24 heavy (non-hydrogen) atoms. The number of aliphatic hydroxyl groups excluding tert-OH is 2.